The lowest BCUT2D eigenvalue weighted by Gasteiger charge is -2.41. The monoisotopic (exact) mass is 1310 g/mol. The molecule has 0 saturated carbocycles. The van der Waals surface area contributed by atoms with Crippen LogP contribution in [-0.2, 0) is 73.2 Å². The van der Waals surface area contributed by atoms with Crippen LogP contribution in [0.3, 0.4) is 0 Å². The smallest absolute Gasteiger partial charge is 0.226 e. The van der Waals surface area contributed by atoms with Gasteiger partial charge in [0.1, 0.15) is 5.78 Å². The molecule has 2 heterocycles. The number of ether oxygens (including phenoxy) is 7. The van der Waals surface area contributed by atoms with E-state index in [0.717, 1.165) is 23.4 Å². The molecule has 4 N–H and O–H groups in total. The first-order valence-corrected chi connectivity index (χ1v) is 35.2. The minimum Gasteiger partial charge on any atom is -0.379 e. The molecule has 2 aromatic rings. The molecule has 9 atom stereocenters. The average Bonchev–Trinajstić information content (AvgIpc) is 3.29. The fourth-order valence-electron chi connectivity index (χ4n) is 11.4. The molecule has 89 heavy (non-hydrogen) atoms. The number of carbonyl (C=O) groups excluding carboxylic acids is 6. The number of hydrogen-bond acceptors (Lipinski definition) is 20. The number of likely N-dealkylation sites (tertiary alicyclic amines) is 1. The highest BCUT2D eigenvalue weighted by Gasteiger charge is 2.44. The zero-order valence-corrected chi connectivity index (χ0v) is 58.3. The van der Waals surface area contributed by atoms with Gasteiger partial charge in [-0.05, 0) is 63.5 Å². The molecule has 1 aromatic carbocycles. The Morgan fingerprint density at radius 1 is 0.775 bits per heavy atom. The molecule has 1 saturated heterocycles. The number of nitrogens with zero attached hydrogens (tertiary/aromatic N) is 4. The number of nitrogens with one attached hydrogen (secondary N) is 2. The fourth-order valence-corrected chi connectivity index (χ4v) is 14.6. The molecule has 0 spiro atoms. The summed E-state index contributed by atoms with van der Waals surface area (Å²) in [4.78, 5) is 97.1. The molecule has 0 bridgehead atoms. The van der Waals surface area contributed by atoms with Crippen LogP contribution in [0.25, 0.3) is 0 Å². The van der Waals surface area contributed by atoms with Gasteiger partial charge in [0, 0.05) is 113 Å². The molecule has 0 radical (unpaired) electrons. The van der Waals surface area contributed by atoms with Gasteiger partial charge in [0.2, 0.25) is 23.6 Å². The van der Waals surface area contributed by atoms with E-state index in [4.69, 9.17) is 39.1 Å². The van der Waals surface area contributed by atoms with Crippen molar-refractivity contribution in [2.75, 3.05) is 133 Å². The molecule has 3 rings (SSSR count). The number of amides is 4. The number of benzene rings is 1. The zero-order chi connectivity index (χ0) is 65.7. The predicted octanol–water partition coefficient (Wildman–Crippen LogP) is 7.68. The second-order valence-electron chi connectivity index (χ2n) is 24.4. The Kier molecular flexibility index (Phi) is 40.1. The highest BCUT2D eigenvalue weighted by molar-refractivity contribution is 8.77. The molecule has 1 fully saturated rings. The molecule has 21 nitrogen and oxygen atoms in total. The van der Waals surface area contributed by atoms with Crippen LogP contribution in [0, 0.1) is 29.6 Å². The lowest BCUT2D eigenvalue weighted by atomic mass is 9.83. The van der Waals surface area contributed by atoms with E-state index in [9.17, 15) is 28.8 Å². The summed E-state index contributed by atoms with van der Waals surface area (Å²) >= 11 is 1.56. The zero-order valence-electron chi connectivity index (χ0n) is 55.9. The summed E-state index contributed by atoms with van der Waals surface area (Å²) in [5, 5.41) is 8.62. The number of Topliss-reactive ketones (excluding diaryl/α,β-unsaturated/α-hetero) is 2. The molecule has 1 aliphatic heterocycles. The molecule has 0 aliphatic carbocycles. The third kappa shape index (κ3) is 29.9. The molecular formula is C65H111N7O14S3. The highest BCUT2D eigenvalue weighted by atomic mass is 33.1. The Morgan fingerprint density at radius 3 is 2.00 bits per heavy atom. The van der Waals surface area contributed by atoms with Crippen LogP contribution < -0.4 is 16.5 Å². The first kappa shape index (κ1) is 79.6. The maximum absolute atomic E-state index is 14.8. The van der Waals surface area contributed by atoms with Crippen molar-refractivity contribution in [1.29, 1.82) is 0 Å². The van der Waals surface area contributed by atoms with Crippen LogP contribution in [-0.4, -0.2) is 223 Å². The Labute approximate surface area is 544 Å². The first-order valence-electron chi connectivity index (χ1n) is 32.0. The molecule has 0 unspecified atom stereocenters. The second kappa shape index (κ2) is 44.8. The van der Waals surface area contributed by atoms with Gasteiger partial charge in [0.05, 0.1) is 114 Å². The number of rotatable bonds is 51. The number of carbonyl (C=O) groups is 6. The predicted molar refractivity (Wildman–Crippen MR) is 354 cm³/mol. The number of methoxy groups -OCH3 is 2. The van der Waals surface area contributed by atoms with Gasteiger partial charge in [-0.2, -0.15) is 0 Å². The van der Waals surface area contributed by atoms with Gasteiger partial charge in [-0.25, -0.2) is 10.9 Å². The van der Waals surface area contributed by atoms with Gasteiger partial charge in [0.15, 0.2) is 5.78 Å². The minimum absolute atomic E-state index is 0.0106. The van der Waals surface area contributed by atoms with Crippen molar-refractivity contribution in [3.8, 4) is 0 Å². The van der Waals surface area contributed by atoms with Crippen molar-refractivity contribution in [3.05, 3.63) is 52.5 Å². The third-order valence-corrected chi connectivity index (χ3v) is 20.6. The van der Waals surface area contributed by atoms with Gasteiger partial charge in [-0.3, -0.25) is 33.7 Å². The number of hydrogen-bond donors (Lipinski definition) is 3. The van der Waals surface area contributed by atoms with E-state index in [1.807, 2.05) is 88.9 Å². The van der Waals surface area contributed by atoms with Crippen LogP contribution in [0.4, 0.5) is 0 Å². The summed E-state index contributed by atoms with van der Waals surface area (Å²) in [5.41, 5.74) is 1.14. The summed E-state index contributed by atoms with van der Waals surface area (Å²) < 4.78 is 40.1. The van der Waals surface area contributed by atoms with E-state index in [-0.39, 0.29) is 95.5 Å². The molecule has 24 heteroatoms. The van der Waals surface area contributed by atoms with Gasteiger partial charge in [0.25, 0.3) is 0 Å². The van der Waals surface area contributed by atoms with Crippen LogP contribution in [0.1, 0.15) is 130 Å². The third-order valence-electron chi connectivity index (χ3n) is 16.4. The molecular weight excluding hydrogens is 1200 g/mol. The SMILES string of the molecule is CC[C@H](C)[C@@H]([C@@H](CC(=O)N1CCC[C@H]1[C@H](OC)[C@@H](C)C(=O)C[C@@H](Cc1ccccc1)c1nccs1)OC)N(C)C(=O)[C@@H](CC(=O)[C@H](C(C)C)N(C)CCOCCOCCOCCOCCC(=O)NCCSSC(C)(C)CC(=O)NCCOCCON)C(C)C. The van der Waals surface area contributed by atoms with Gasteiger partial charge in [-0.15, -0.1) is 11.3 Å². The van der Waals surface area contributed by atoms with E-state index < -0.39 is 36.1 Å². The Balaban J connectivity index is 1.39. The lowest BCUT2D eigenvalue weighted by molar-refractivity contribution is -0.149. The topological polar surface area (TPSA) is 249 Å². The van der Waals surface area contributed by atoms with E-state index in [1.54, 1.807) is 65.3 Å². The number of thiazole rings is 1. The van der Waals surface area contributed by atoms with Gasteiger partial charge >= 0.3 is 0 Å². The average molecular weight is 1310 g/mol. The molecule has 4 amide bonds. The van der Waals surface area contributed by atoms with Crippen LogP contribution in [0.2, 0.25) is 0 Å². The maximum atomic E-state index is 14.8. The fraction of sp³-hybridized carbons (Fsp3) is 0.769. The van der Waals surface area contributed by atoms with Crippen molar-refractivity contribution in [3.63, 3.8) is 0 Å². The lowest BCUT2D eigenvalue weighted by Crippen LogP contribution is -2.54. The maximum Gasteiger partial charge on any atom is 0.226 e. The quantitative estimate of drug-likeness (QED) is 0.0326. The number of aromatic nitrogens is 1. The van der Waals surface area contributed by atoms with Crippen molar-refractivity contribution in [2.45, 2.75) is 161 Å². The van der Waals surface area contributed by atoms with E-state index in [2.05, 4.69) is 46.4 Å². The second-order valence-corrected chi connectivity index (χ2v) is 28.5. The summed E-state index contributed by atoms with van der Waals surface area (Å²) in [6.07, 6.45) is 4.57. The van der Waals surface area contributed by atoms with Crippen molar-refractivity contribution < 1.29 is 66.8 Å². The summed E-state index contributed by atoms with van der Waals surface area (Å²) in [6.45, 7) is 24.0. The summed E-state index contributed by atoms with van der Waals surface area (Å²) in [5.74, 6) is 3.98. The molecule has 508 valence electrons. The van der Waals surface area contributed by atoms with Crippen molar-refractivity contribution >= 4 is 68.1 Å². The van der Waals surface area contributed by atoms with Gasteiger partial charge in [-0.1, -0.05) is 107 Å². The van der Waals surface area contributed by atoms with Crippen LogP contribution >= 0.6 is 32.9 Å². The first-order chi connectivity index (χ1) is 42.6. The van der Waals surface area contributed by atoms with E-state index in [1.165, 1.54) is 0 Å². The highest BCUT2D eigenvalue weighted by Crippen LogP contribution is 2.38. The van der Waals surface area contributed by atoms with Crippen LogP contribution in [0.5, 0.6) is 0 Å². The van der Waals surface area contributed by atoms with E-state index >= 15 is 0 Å². The van der Waals surface area contributed by atoms with E-state index in [0.29, 0.717) is 124 Å². The Hall–Kier alpha value is -3.63. The van der Waals surface area contributed by atoms with Gasteiger partial charge < -0.3 is 58.4 Å². The number of likely N-dealkylation sites (N-methyl/N-ethyl adjacent to an activating group) is 2. The van der Waals surface area contributed by atoms with Crippen LogP contribution in [0.15, 0.2) is 41.9 Å². The standard InChI is InChI=1S/C65H111N7O14S3/c1-14-48(6)61(56(79-12)44-59(77)72-26-18-21-53(72)62(80-13)49(7)54(73)42-51(63-69-24-39-87-63)41-50-19-16-15-17-20-50)71(11)64(78)52(46(2)3)43-55(74)60(47(4)5)70(10)27-30-83-32-34-85-36-35-84-33-31-81-28-22-57(75)68-25-40-88-89-65(8,9)45-58(76)67-23-29-82-37-38-86-66/h15-17,19-20,24,39,46-49,51-53,56,60-62H,14,18,21-23,25-38,40-45,66H2,1-13H3,(H,67,76)(H,68,75)/t48-,49-,51+,52-,53-,56+,60-,61-,62+/m0/s1. The Morgan fingerprint density at radius 2 is 1.40 bits per heavy atom. The number of nitrogens with two attached hydrogens (primary N) is 1. The largest absolute Gasteiger partial charge is 0.379 e. The van der Waals surface area contributed by atoms with Crippen molar-refractivity contribution in [2.24, 2.45) is 35.5 Å². The molecule has 1 aromatic heterocycles. The summed E-state index contributed by atoms with van der Waals surface area (Å²) in [7, 11) is 10.1. The van der Waals surface area contributed by atoms with Crippen molar-refractivity contribution in [1.82, 2.24) is 30.3 Å². The Bertz CT molecular complexity index is 2290. The summed E-state index contributed by atoms with van der Waals surface area (Å²) in [6, 6.07) is 8.95. The number of ketones is 2. The molecule has 1 aliphatic rings. The normalized spacial score (nSPS) is 16.5. The minimum atomic E-state index is -0.630.